The van der Waals surface area contributed by atoms with Crippen molar-refractivity contribution in [3.05, 3.63) is 42.3 Å². The van der Waals surface area contributed by atoms with Crippen molar-refractivity contribution in [1.29, 1.82) is 0 Å². The van der Waals surface area contributed by atoms with Crippen molar-refractivity contribution in [3.63, 3.8) is 0 Å². The molecule has 0 radical (unpaired) electrons. The van der Waals surface area contributed by atoms with Gasteiger partial charge in [0.2, 0.25) is 17.7 Å². The van der Waals surface area contributed by atoms with E-state index < -0.39 is 0 Å². The average Bonchev–Trinajstić information content (AvgIpc) is 3.42. The Balaban J connectivity index is 1.55. The van der Waals surface area contributed by atoms with Crippen molar-refractivity contribution < 1.29 is 9.26 Å². The van der Waals surface area contributed by atoms with Gasteiger partial charge in [-0.3, -0.25) is 0 Å². The minimum atomic E-state index is -0.0953. The highest BCUT2D eigenvalue weighted by atomic mass is 35.5. The number of unbranched alkanes of at least 4 members (excludes halogenated alkanes) is 1. The standard InChI is InChI=1S/C21H24ClN5O2/c1-2-3-11-28-17-9-8-14-12-16(7-6-15(14)13-17)19-24-20(29-26-19)18-5-4-10-27(18)21(23)25-22/h6-9,12-13,18H,2-5,10-11H2,1H3,(H2,23,25)/t18-/m0/s1. The lowest BCUT2D eigenvalue weighted by Crippen LogP contribution is -2.36. The fourth-order valence-electron chi connectivity index (χ4n) is 3.62. The highest BCUT2D eigenvalue weighted by Crippen LogP contribution is 2.32. The highest BCUT2D eigenvalue weighted by molar-refractivity contribution is 6.19. The molecule has 2 heterocycles. The van der Waals surface area contributed by atoms with E-state index in [1.54, 1.807) is 0 Å². The average molecular weight is 414 g/mol. The molecule has 0 aliphatic carbocycles. The molecule has 2 N–H and O–H groups in total. The fraction of sp³-hybridized carbons (Fsp3) is 0.381. The van der Waals surface area contributed by atoms with Crippen LogP contribution in [-0.4, -0.2) is 34.2 Å². The maximum Gasteiger partial charge on any atom is 0.249 e. The van der Waals surface area contributed by atoms with Gasteiger partial charge in [0.1, 0.15) is 11.8 Å². The van der Waals surface area contributed by atoms with Crippen molar-refractivity contribution in [2.45, 2.75) is 38.6 Å². The van der Waals surface area contributed by atoms with Gasteiger partial charge in [0.15, 0.2) is 0 Å². The van der Waals surface area contributed by atoms with Crippen LogP contribution in [-0.2, 0) is 0 Å². The van der Waals surface area contributed by atoms with Gasteiger partial charge in [0.25, 0.3) is 0 Å². The van der Waals surface area contributed by atoms with Gasteiger partial charge in [-0.1, -0.05) is 36.7 Å². The molecule has 1 fully saturated rings. The maximum absolute atomic E-state index is 5.88. The molecule has 4 rings (SSSR count). The number of halogens is 1. The van der Waals surface area contributed by atoms with Gasteiger partial charge >= 0.3 is 0 Å². The molecule has 0 spiro atoms. The molecule has 1 aliphatic heterocycles. The Bertz CT molecular complexity index is 1020. The predicted molar refractivity (Wildman–Crippen MR) is 114 cm³/mol. The summed E-state index contributed by atoms with van der Waals surface area (Å²) in [7, 11) is 0. The summed E-state index contributed by atoms with van der Waals surface area (Å²) in [6.45, 7) is 3.66. The van der Waals surface area contributed by atoms with Gasteiger partial charge in [-0.2, -0.15) is 4.98 Å². The number of guanidine groups is 1. The molecule has 8 heteroatoms. The van der Waals surface area contributed by atoms with Crippen LogP contribution < -0.4 is 10.5 Å². The van der Waals surface area contributed by atoms with Crippen LogP contribution in [0.15, 0.2) is 45.4 Å². The Morgan fingerprint density at radius 1 is 1.31 bits per heavy atom. The first-order valence-corrected chi connectivity index (χ1v) is 10.2. The van der Waals surface area contributed by atoms with E-state index in [1.165, 1.54) is 0 Å². The smallest absolute Gasteiger partial charge is 0.249 e. The van der Waals surface area contributed by atoms with Crippen LogP contribution in [0.2, 0.25) is 0 Å². The molecular weight excluding hydrogens is 390 g/mol. The predicted octanol–water partition coefficient (Wildman–Crippen LogP) is 4.67. The summed E-state index contributed by atoms with van der Waals surface area (Å²) >= 11 is 5.53. The molecule has 0 unspecified atom stereocenters. The number of rotatable bonds is 6. The van der Waals surface area contributed by atoms with E-state index >= 15 is 0 Å². The number of hydrogen-bond donors (Lipinski definition) is 1. The molecule has 1 saturated heterocycles. The van der Waals surface area contributed by atoms with E-state index in [4.69, 9.17) is 26.8 Å². The second kappa shape index (κ2) is 8.69. The van der Waals surface area contributed by atoms with Gasteiger partial charge in [-0.25, -0.2) is 0 Å². The Labute approximate surface area is 174 Å². The van der Waals surface area contributed by atoms with E-state index in [9.17, 15) is 0 Å². The molecule has 3 aromatic rings. The molecular formula is C21H24ClN5O2. The van der Waals surface area contributed by atoms with Crippen LogP contribution >= 0.6 is 11.8 Å². The largest absolute Gasteiger partial charge is 0.494 e. The summed E-state index contributed by atoms with van der Waals surface area (Å²) in [5, 5.41) is 6.38. The second-order valence-electron chi connectivity index (χ2n) is 7.18. The number of aromatic nitrogens is 2. The van der Waals surface area contributed by atoms with Crippen LogP contribution in [0.5, 0.6) is 5.75 Å². The fourth-order valence-corrected chi connectivity index (χ4v) is 3.72. The lowest BCUT2D eigenvalue weighted by atomic mass is 10.1. The van der Waals surface area contributed by atoms with Crippen molar-refractivity contribution in [3.8, 4) is 17.1 Å². The highest BCUT2D eigenvalue weighted by Gasteiger charge is 2.32. The number of nitrogens with two attached hydrogens (primary N) is 1. The maximum atomic E-state index is 5.88. The van der Waals surface area contributed by atoms with Crippen LogP contribution in [0.25, 0.3) is 22.2 Å². The van der Waals surface area contributed by atoms with Crippen molar-refractivity contribution in [2.75, 3.05) is 13.2 Å². The number of nitrogens with zero attached hydrogens (tertiary/aromatic N) is 4. The van der Waals surface area contributed by atoms with Crippen LogP contribution in [0, 0.1) is 0 Å². The number of fused-ring (bicyclic) bond motifs is 1. The minimum Gasteiger partial charge on any atom is -0.494 e. The quantitative estimate of drug-likeness (QED) is 0.358. The minimum absolute atomic E-state index is 0.0953. The van der Waals surface area contributed by atoms with Crippen molar-refractivity contribution >= 4 is 28.5 Å². The summed E-state index contributed by atoms with van der Waals surface area (Å²) in [5.41, 5.74) is 6.78. The van der Waals surface area contributed by atoms with E-state index in [2.05, 4.69) is 39.8 Å². The Morgan fingerprint density at radius 2 is 2.14 bits per heavy atom. The van der Waals surface area contributed by atoms with Crippen molar-refractivity contribution in [1.82, 2.24) is 15.0 Å². The second-order valence-corrected chi connectivity index (χ2v) is 7.35. The summed E-state index contributed by atoms with van der Waals surface area (Å²) in [6, 6.07) is 12.1. The number of likely N-dealkylation sites (tertiary alicyclic amines) is 1. The molecule has 29 heavy (non-hydrogen) atoms. The summed E-state index contributed by atoms with van der Waals surface area (Å²) in [5.74, 6) is 2.25. The lowest BCUT2D eigenvalue weighted by Gasteiger charge is -2.21. The number of benzene rings is 2. The van der Waals surface area contributed by atoms with Crippen LogP contribution in [0.1, 0.15) is 44.5 Å². The zero-order valence-electron chi connectivity index (χ0n) is 16.3. The van der Waals surface area contributed by atoms with E-state index in [1.807, 2.05) is 23.1 Å². The molecule has 152 valence electrons. The van der Waals surface area contributed by atoms with Gasteiger partial charge < -0.3 is 19.9 Å². The first-order chi connectivity index (χ1) is 14.2. The molecule has 1 aromatic heterocycles. The first kappa shape index (κ1) is 19.5. The molecule has 7 nitrogen and oxygen atoms in total. The third-order valence-electron chi connectivity index (χ3n) is 5.20. The number of hydrogen-bond acceptors (Lipinski definition) is 5. The normalized spacial score (nSPS) is 17.2. The lowest BCUT2D eigenvalue weighted by molar-refractivity contribution is 0.284. The molecule has 1 atom stereocenters. The molecule has 0 saturated carbocycles. The molecule has 0 bridgehead atoms. The molecule has 2 aromatic carbocycles. The summed E-state index contributed by atoms with van der Waals surface area (Å²) in [6.07, 6.45) is 4.01. The topological polar surface area (TPSA) is 89.8 Å². The van der Waals surface area contributed by atoms with Gasteiger partial charge in [0.05, 0.1) is 6.61 Å². The third kappa shape index (κ3) is 4.15. The van der Waals surface area contributed by atoms with Gasteiger partial charge in [-0.15, -0.1) is 4.51 Å². The first-order valence-electron chi connectivity index (χ1n) is 9.91. The van der Waals surface area contributed by atoms with Gasteiger partial charge in [-0.05, 0) is 48.2 Å². The zero-order chi connectivity index (χ0) is 20.2. The Morgan fingerprint density at radius 3 is 2.97 bits per heavy atom. The molecule has 0 amide bonds. The summed E-state index contributed by atoms with van der Waals surface area (Å²) < 4.78 is 14.9. The van der Waals surface area contributed by atoms with E-state index in [-0.39, 0.29) is 12.0 Å². The molecule has 1 aliphatic rings. The monoisotopic (exact) mass is 413 g/mol. The van der Waals surface area contributed by atoms with E-state index in [0.29, 0.717) is 11.7 Å². The Kier molecular flexibility index (Phi) is 5.85. The SMILES string of the molecule is CCCCOc1ccc2cc(-c3noc([C@@H]4CCCN4/C(N)=N\Cl)n3)ccc2c1. The summed E-state index contributed by atoms with van der Waals surface area (Å²) in [4.78, 5) is 6.50. The third-order valence-corrected chi connectivity index (χ3v) is 5.37. The van der Waals surface area contributed by atoms with Gasteiger partial charge in [0, 0.05) is 23.9 Å². The van der Waals surface area contributed by atoms with E-state index in [0.717, 1.165) is 60.9 Å². The van der Waals surface area contributed by atoms with Crippen LogP contribution in [0.3, 0.4) is 0 Å². The van der Waals surface area contributed by atoms with Crippen molar-refractivity contribution in [2.24, 2.45) is 10.2 Å². The zero-order valence-corrected chi connectivity index (χ0v) is 17.1. The Hall–Kier alpha value is -2.80. The van der Waals surface area contributed by atoms with Crippen LogP contribution in [0.4, 0.5) is 0 Å². The number of ether oxygens (including phenoxy) is 1.